The second-order valence-electron chi connectivity index (χ2n) is 3.32. The second kappa shape index (κ2) is 6.61. The fourth-order valence-corrected chi connectivity index (χ4v) is 1.13. The first-order chi connectivity index (χ1) is 6.15. The van der Waals surface area contributed by atoms with Crippen molar-refractivity contribution in [2.45, 2.75) is 20.3 Å². The highest BCUT2D eigenvalue weighted by Gasteiger charge is 2.15. The topological polar surface area (TPSA) is 15.6 Å². The van der Waals surface area contributed by atoms with Gasteiger partial charge in [0.1, 0.15) is 0 Å². The first-order valence-corrected chi connectivity index (χ1v) is 4.67. The molecule has 0 spiro atoms. The second-order valence-corrected chi connectivity index (χ2v) is 3.32. The van der Waals surface area contributed by atoms with E-state index in [-0.39, 0.29) is 0 Å². The maximum absolute atomic E-state index is 3.91. The van der Waals surface area contributed by atoms with E-state index >= 15 is 0 Å². The van der Waals surface area contributed by atoms with Crippen LogP contribution in [0.3, 0.4) is 0 Å². The van der Waals surface area contributed by atoms with Crippen LogP contribution in [0.1, 0.15) is 20.3 Å². The Morgan fingerprint density at radius 1 is 1.46 bits per heavy atom. The van der Waals surface area contributed by atoms with Crippen molar-refractivity contribution in [2.75, 3.05) is 20.1 Å². The molecule has 1 saturated heterocycles. The average Bonchev–Trinajstić information content (AvgIpc) is 2.33. The number of nitrogens with zero attached hydrogens (tertiary/aromatic N) is 2. The highest BCUT2D eigenvalue weighted by Crippen LogP contribution is 2.17. The van der Waals surface area contributed by atoms with Gasteiger partial charge in [-0.15, -0.1) is 0 Å². The lowest BCUT2D eigenvalue weighted by molar-refractivity contribution is 0.437. The zero-order chi connectivity index (χ0) is 10.3. The minimum absolute atomic E-state index is 0.956. The third kappa shape index (κ3) is 4.63. The molecule has 0 aromatic carbocycles. The molecule has 0 aromatic heterocycles. The normalized spacial score (nSPS) is 19.9. The molecule has 1 aliphatic heterocycles. The molecule has 74 valence electrons. The number of likely N-dealkylation sites (tertiary alicyclic amines) is 1. The summed E-state index contributed by atoms with van der Waals surface area (Å²) < 4.78 is 0. The van der Waals surface area contributed by atoms with E-state index in [2.05, 4.69) is 44.1 Å². The number of aliphatic imine (C=N–C) groups is 1. The van der Waals surface area contributed by atoms with E-state index < -0.39 is 0 Å². The van der Waals surface area contributed by atoms with E-state index in [4.69, 9.17) is 0 Å². The summed E-state index contributed by atoms with van der Waals surface area (Å²) in [6.45, 7) is 13.5. The molecule has 1 rings (SSSR count). The predicted octanol–water partition coefficient (Wildman–Crippen LogP) is 2.49. The number of likely N-dealkylation sites (N-methyl/N-ethyl adjacent to an activating group) is 1. The van der Waals surface area contributed by atoms with Gasteiger partial charge in [-0.25, -0.2) is 0 Å². The van der Waals surface area contributed by atoms with Gasteiger partial charge in [0.25, 0.3) is 0 Å². The van der Waals surface area contributed by atoms with Gasteiger partial charge >= 0.3 is 0 Å². The number of rotatable bonds is 1. The van der Waals surface area contributed by atoms with E-state index in [9.17, 15) is 0 Å². The van der Waals surface area contributed by atoms with E-state index in [1.807, 2.05) is 0 Å². The van der Waals surface area contributed by atoms with Crippen LogP contribution in [0.2, 0.25) is 0 Å². The Hall–Kier alpha value is -0.890. The predicted molar refractivity (Wildman–Crippen MR) is 60.2 cm³/mol. The lowest BCUT2D eigenvalue weighted by Crippen LogP contribution is -2.11. The van der Waals surface area contributed by atoms with Crippen molar-refractivity contribution < 1.29 is 0 Å². The molecule has 0 atom stereocenters. The molecular formula is C11H20N2. The highest BCUT2D eigenvalue weighted by atomic mass is 15.1. The van der Waals surface area contributed by atoms with E-state index in [0.29, 0.717) is 0 Å². The van der Waals surface area contributed by atoms with Gasteiger partial charge in [-0.1, -0.05) is 26.8 Å². The molecule has 0 N–H and O–H groups in total. The lowest BCUT2D eigenvalue weighted by atomic mass is 10.2. The van der Waals surface area contributed by atoms with Gasteiger partial charge in [-0.05, 0) is 24.9 Å². The summed E-state index contributed by atoms with van der Waals surface area (Å²) in [4.78, 5) is 5.90. The maximum Gasteiger partial charge on any atom is 0.0308 e. The minimum Gasteiger partial charge on any atom is -0.298 e. The van der Waals surface area contributed by atoms with Crippen molar-refractivity contribution in [1.29, 1.82) is 0 Å². The van der Waals surface area contributed by atoms with Gasteiger partial charge in [0.05, 0.1) is 0 Å². The summed E-state index contributed by atoms with van der Waals surface area (Å²) in [7, 11) is 2.06. The van der Waals surface area contributed by atoms with Crippen molar-refractivity contribution >= 4 is 6.72 Å². The molecule has 1 heterocycles. The Morgan fingerprint density at radius 2 is 2.00 bits per heavy atom. The molecule has 0 radical (unpaired) electrons. The van der Waals surface area contributed by atoms with Crippen LogP contribution in [-0.4, -0.2) is 31.8 Å². The fourth-order valence-electron chi connectivity index (χ4n) is 1.13. The molecule has 13 heavy (non-hydrogen) atoms. The Morgan fingerprint density at radius 3 is 2.31 bits per heavy atom. The molecule has 0 aliphatic carbocycles. The summed E-state index contributed by atoms with van der Waals surface area (Å²) in [6, 6.07) is 0. The molecule has 0 saturated carbocycles. The van der Waals surface area contributed by atoms with Crippen LogP contribution in [0.5, 0.6) is 0 Å². The lowest BCUT2D eigenvalue weighted by Gasteiger charge is -2.01. The van der Waals surface area contributed by atoms with Gasteiger partial charge in [-0.2, -0.15) is 0 Å². The van der Waals surface area contributed by atoms with Crippen molar-refractivity contribution in [2.24, 2.45) is 4.99 Å². The molecular weight excluding hydrogens is 160 g/mol. The number of hydrogen-bond acceptors (Lipinski definition) is 2. The zero-order valence-corrected chi connectivity index (χ0v) is 9.01. The van der Waals surface area contributed by atoms with Crippen LogP contribution in [0.25, 0.3) is 0 Å². The Labute approximate surface area is 81.7 Å². The molecule has 0 amide bonds. The van der Waals surface area contributed by atoms with Gasteiger partial charge < -0.3 is 0 Å². The van der Waals surface area contributed by atoms with E-state index in [1.165, 1.54) is 12.0 Å². The monoisotopic (exact) mass is 180 g/mol. The summed E-state index contributed by atoms with van der Waals surface area (Å²) in [5, 5.41) is 0. The standard InChI is InChI=1S/C8H12N2.C3H8/c1-7-5-10(3)6-8(7)4-9-2;1-3-2/h4H,1-2,5-6H2,3H3;3H2,1-2H3/b8-4-;. The first kappa shape index (κ1) is 12.1. The summed E-state index contributed by atoms with van der Waals surface area (Å²) in [5.41, 5.74) is 2.37. The molecule has 1 fully saturated rings. The van der Waals surface area contributed by atoms with Gasteiger partial charge in [0.15, 0.2) is 0 Å². The van der Waals surface area contributed by atoms with Gasteiger partial charge in [0.2, 0.25) is 0 Å². The van der Waals surface area contributed by atoms with Crippen molar-refractivity contribution in [3.8, 4) is 0 Å². The fraction of sp³-hybridized carbons (Fsp3) is 0.545. The van der Waals surface area contributed by atoms with Gasteiger partial charge in [-0.3, -0.25) is 9.89 Å². The third-order valence-electron chi connectivity index (χ3n) is 1.60. The van der Waals surface area contributed by atoms with Crippen LogP contribution in [-0.2, 0) is 0 Å². The smallest absolute Gasteiger partial charge is 0.0308 e. The summed E-state index contributed by atoms with van der Waals surface area (Å²) in [5.74, 6) is 0. The minimum atomic E-state index is 0.956. The summed E-state index contributed by atoms with van der Waals surface area (Å²) >= 11 is 0. The molecule has 2 nitrogen and oxygen atoms in total. The molecule has 1 aliphatic rings. The molecule has 2 heteroatoms. The Bertz CT molecular complexity index is 204. The molecule has 0 unspecified atom stereocenters. The van der Waals surface area contributed by atoms with Crippen LogP contribution in [0, 0.1) is 0 Å². The Balaban J connectivity index is 0.000000424. The van der Waals surface area contributed by atoms with Crippen molar-refractivity contribution in [3.63, 3.8) is 0 Å². The van der Waals surface area contributed by atoms with Crippen LogP contribution in [0.15, 0.2) is 28.9 Å². The van der Waals surface area contributed by atoms with Gasteiger partial charge in [0, 0.05) is 19.3 Å². The molecule has 0 aromatic rings. The Kier molecular flexibility index (Phi) is 6.15. The first-order valence-electron chi connectivity index (χ1n) is 4.67. The van der Waals surface area contributed by atoms with E-state index in [0.717, 1.165) is 18.7 Å². The van der Waals surface area contributed by atoms with Crippen LogP contribution >= 0.6 is 0 Å². The zero-order valence-electron chi connectivity index (χ0n) is 9.01. The SMILES string of the molecule is C=N/C=C1/CN(C)CC1=C.CCC. The third-order valence-corrected chi connectivity index (χ3v) is 1.60. The van der Waals surface area contributed by atoms with Crippen molar-refractivity contribution in [3.05, 3.63) is 23.9 Å². The highest BCUT2D eigenvalue weighted by molar-refractivity contribution is 5.37. The largest absolute Gasteiger partial charge is 0.298 e. The maximum atomic E-state index is 3.91. The van der Waals surface area contributed by atoms with Crippen LogP contribution in [0.4, 0.5) is 0 Å². The van der Waals surface area contributed by atoms with Crippen molar-refractivity contribution in [1.82, 2.24) is 4.90 Å². The quantitative estimate of drug-likeness (QED) is 0.566. The molecule has 0 bridgehead atoms. The average molecular weight is 180 g/mol. The van der Waals surface area contributed by atoms with Crippen LogP contribution < -0.4 is 0 Å². The van der Waals surface area contributed by atoms with E-state index in [1.54, 1.807) is 6.20 Å². The number of hydrogen-bond donors (Lipinski definition) is 0. The summed E-state index contributed by atoms with van der Waals surface area (Å²) in [6.07, 6.45) is 3.03.